The van der Waals surface area contributed by atoms with Gasteiger partial charge in [-0.25, -0.2) is 9.59 Å². The van der Waals surface area contributed by atoms with Gasteiger partial charge in [0, 0.05) is 17.6 Å². The van der Waals surface area contributed by atoms with Crippen molar-refractivity contribution in [2.75, 3.05) is 26.4 Å². The fourth-order valence-electron chi connectivity index (χ4n) is 2.82. The van der Waals surface area contributed by atoms with Crippen LogP contribution >= 0.6 is 0 Å². The molecule has 0 aliphatic heterocycles. The van der Waals surface area contributed by atoms with E-state index in [1.807, 2.05) is 48.5 Å². The van der Waals surface area contributed by atoms with Gasteiger partial charge in [-0.2, -0.15) is 0 Å². The van der Waals surface area contributed by atoms with Gasteiger partial charge < -0.3 is 18.9 Å². The third-order valence-electron chi connectivity index (χ3n) is 4.68. The lowest BCUT2D eigenvalue weighted by atomic mass is 9.78. The predicted molar refractivity (Wildman–Crippen MR) is 139 cm³/mol. The van der Waals surface area contributed by atoms with Gasteiger partial charge >= 0.3 is 11.9 Å². The van der Waals surface area contributed by atoms with E-state index in [9.17, 15) is 9.59 Å². The maximum Gasteiger partial charge on any atom is 0.330 e. The Morgan fingerprint density at radius 1 is 0.676 bits per heavy atom. The summed E-state index contributed by atoms with van der Waals surface area (Å²) >= 11 is 0. The van der Waals surface area contributed by atoms with E-state index >= 15 is 0 Å². The zero-order valence-corrected chi connectivity index (χ0v) is 18.0. The van der Waals surface area contributed by atoms with Gasteiger partial charge in [-0.1, -0.05) is 73.6 Å². The highest BCUT2D eigenvalue weighted by molar-refractivity contribution is 5.81. The zero-order valence-electron chi connectivity index (χ0n) is 18.0. The molecule has 2 aromatic carbocycles. The van der Waals surface area contributed by atoms with E-state index in [1.54, 1.807) is 0 Å². The summed E-state index contributed by atoms with van der Waals surface area (Å²) in [6.07, 6.45) is 2.24. The molecule has 0 amide bonds. The molecule has 188 valence electrons. The first-order valence-corrected chi connectivity index (χ1v) is 9.92. The van der Waals surface area contributed by atoms with Gasteiger partial charge in [0.15, 0.2) is 0 Å². The highest BCUT2D eigenvalue weighted by Crippen LogP contribution is 2.33. The van der Waals surface area contributed by atoms with Crippen LogP contribution in [0.25, 0.3) is 0 Å². The van der Waals surface area contributed by atoms with Crippen LogP contribution in [0.4, 0.5) is 0 Å². The van der Waals surface area contributed by atoms with Crippen LogP contribution in [0.2, 0.25) is 0 Å². The lowest BCUT2D eigenvalue weighted by Gasteiger charge is -2.26. The second-order valence-corrected chi connectivity index (χ2v) is 7.11. The minimum absolute atomic E-state index is 0. The lowest BCUT2D eigenvalue weighted by molar-refractivity contribution is -0.139. The first kappa shape index (κ1) is 32.6. The van der Waals surface area contributed by atoms with Crippen LogP contribution in [0.15, 0.2) is 73.8 Å². The van der Waals surface area contributed by atoms with Crippen molar-refractivity contribution in [2.45, 2.75) is 41.5 Å². The number of esters is 2. The minimum atomic E-state index is -0.465. The van der Waals surface area contributed by atoms with E-state index in [2.05, 4.69) is 27.0 Å². The van der Waals surface area contributed by atoms with Crippen LogP contribution in [0, 0.1) is 0 Å². The fraction of sp³-hybridized carbons (Fsp3) is 0.357. The summed E-state index contributed by atoms with van der Waals surface area (Å²) in [5, 5.41) is 0. The second-order valence-electron chi connectivity index (χ2n) is 7.11. The first-order chi connectivity index (χ1) is 14.9. The van der Waals surface area contributed by atoms with Crippen molar-refractivity contribution in [3.8, 4) is 11.5 Å². The van der Waals surface area contributed by atoms with Crippen LogP contribution < -0.4 is 9.47 Å². The van der Waals surface area contributed by atoms with E-state index in [4.69, 9.17) is 18.9 Å². The van der Waals surface area contributed by atoms with E-state index in [0.29, 0.717) is 11.5 Å². The summed E-state index contributed by atoms with van der Waals surface area (Å²) in [7, 11) is 0. The van der Waals surface area contributed by atoms with Gasteiger partial charge in [-0.05, 0) is 35.4 Å². The zero-order chi connectivity index (χ0) is 22.7. The summed E-state index contributed by atoms with van der Waals surface area (Å²) in [4.78, 5) is 22.0. The quantitative estimate of drug-likeness (QED) is 0.210. The van der Waals surface area contributed by atoms with E-state index in [0.717, 1.165) is 23.3 Å². The molecule has 2 rings (SSSR count). The predicted octanol–water partition coefficient (Wildman–Crippen LogP) is 6.14. The topological polar surface area (TPSA) is 71.1 Å². The Morgan fingerprint density at radius 3 is 1.29 bits per heavy atom. The maximum atomic E-state index is 11.0. The molecule has 6 heteroatoms. The highest BCUT2D eigenvalue weighted by atomic mass is 16.6. The molecule has 0 heterocycles. The fourth-order valence-corrected chi connectivity index (χ4v) is 2.82. The van der Waals surface area contributed by atoms with E-state index in [-0.39, 0.29) is 54.1 Å². The van der Waals surface area contributed by atoms with Gasteiger partial charge in [0.25, 0.3) is 0 Å². The number of hydrogen-bond donors (Lipinski definition) is 0. The lowest BCUT2D eigenvalue weighted by Crippen LogP contribution is -2.19. The van der Waals surface area contributed by atoms with Crippen molar-refractivity contribution in [2.24, 2.45) is 0 Å². The van der Waals surface area contributed by atoms with Crippen LogP contribution in [0.1, 0.15) is 47.3 Å². The molecule has 6 nitrogen and oxygen atoms in total. The molecule has 0 unspecified atom stereocenters. The molecule has 0 N–H and O–H groups in total. The Labute approximate surface area is 205 Å². The van der Waals surface area contributed by atoms with E-state index < -0.39 is 11.9 Å². The molecule has 0 saturated carbocycles. The standard InChI is InChI=1S/C25H28O6.3CH4/c1-5-23(26)30-17-15-28-21-11-7-19(8-12-21)25(3,4)20-9-13-22(14-10-20)29-16-18-31-24(27)6-2;;;/h5-14H,1-2,15-18H2,3-4H3;3*1H4. The molecule has 0 atom stereocenters. The average molecular weight is 473 g/mol. The Kier molecular flexibility index (Phi) is 15.5. The maximum absolute atomic E-state index is 11.0. The number of carbonyl (C=O) groups excluding carboxylic acids is 2. The van der Waals surface area contributed by atoms with Gasteiger partial charge in [0.1, 0.15) is 37.9 Å². The Hall–Kier alpha value is -3.54. The molecule has 0 radical (unpaired) electrons. The number of rotatable bonds is 12. The van der Waals surface area contributed by atoms with Crippen molar-refractivity contribution < 1.29 is 28.5 Å². The van der Waals surface area contributed by atoms with Crippen LogP contribution in [0.3, 0.4) is 0 Å². The van der Waals surface area contributed by atoms with Crippen LogP contribution in [-0.4, -0.2) is 38.4 Å². The summed E-state index contributed by atoms with van der Waals surface area (Å²) in [5.41, 5.74) is 2.03. The number of carbonyl (C=O) groups is 2. The van der Waals surface area contributed by atoms with Gasteiger partial charge in [-0.3, -0.25) is 0 Å². The number of hydrogen-bond acceptors (Lipinski definition) is 6. The van der Waals surface area contributed by atoms with Crippen molar-refractivity contribution >= 4 is 11.9 Å². The Morgan fingerprint density at radius 2 is 1.00 bits per heavy atom. The minimum Gasteiger partial charge on any atom is -0.490 e. The smallest absolute Gasteiger partial charge is 0.330 e. The number of benzene rings is 2. The molecule has 0 saturated heterocycles. The van der Waals surface area contributed by atoms with Crippen molar-refractivity contribution in [3.63, 3.8) is 0 Å². The SMILES string of the molecule is C.C.C.C=CC(=O)OCCOc1ccc(C(C)(C)c2ccc(OCCOC(=O)C=C)cc2)cc1. The highest BCUT2D eigenvalue weighted by Gasteiger charge is 2.23. The Balaban J connectivity index is 0. The van der Waals surface area contributed by atoms with Gasteiger partial charge in [0.2, 0.25) is 0 Å². The molecule has 0 aromatic heterocycles. The molecular formula is C28H40O6. The molecule has 0 spiro atoms. The van der Waals surface area contributed by atoms with E-state index in [1.165, 1.54) is 0 Å². The molecule has 0 aliphatic rings. The summed E-state index contributed by atoms with van der Waals surface area (Å²) in [6, 6.07) is 15.7. The van der Waals surface area contributed by atoms with Crippen molar-refractivity contribution in [3.05, 3.63) is 85.0 Å². The van der Waals surface area contributed by atoms with Crippen LogP contribution in [0.5, 0.6) is 11.5 Å². The van der Waals surface area contributed by atoms with Crippen molar-refractivity contribution in [1.29, 1.82) is 0 Å². The third kappa shape index (κ3) is 9.94. The van der Waals surface area contributed by atoms with Crippen molar-refractivity contribution in [1.82, 2.24) is 0 Å². The summed E-state index contributed by atoms with van der Waals surface area (Å²) in [5.74, 6) is 0.478. The largest absolute Gasteiger partial charge is 0.490 e. The monoisotopic (exact) mass is 472 g/mol. The van der Waals surface area contributed by atoms with Crippen LogP contribution in [-0.2, 0) is 24.5 Å². The summed E-state index contributed by atoms with van der Waals surface area (Å²) in [6.45, 7) is 11.9. The third-order valence-corrected chi connectivity index (χ3v) is 4.68. The second kappa shape index (κ2) is 16.1. The van der Waals surface area contributed by atoms with Gasteiger partial charge in [0.05, 0.1) is 0 Å². The normalized spacial score (nSPS) is 9.71. The molecular weight excluding hydrogens is 432 g/mol. The molecule has 34 heavy (non-hydrogen) atoms. The molecule has 0 bridgehead atoms. The first-order valence-electron chi connectivity index (χ1n) is 9.92. The number of ether oxygens (including phenoxy) is 4. The average Bonchev–Trinajstić information content (AvgIpc) is 2.79. The summed E-state index contributed by atoms with van der Waals surface area (Å²) < 4.78 is 21.0. The Bertz CT molecular complexity index is 809. The van der Waals surface area contributed by atoms with Gasteiger partial charge in [-0.15, -0.1) is 0 Å². The molecule has 0 fully saturated rings. The molecule has 2 aromatic rings. The molecule has 0 aliphatic carbocycles.